The Morgan fingerprint density at radius 2 is 2.06 bits per heavy atom. The predicted molar refractivity (Wildman–Crippen MR) is 67.9 cm³/mol. The van der Waals surface area contributed by atoms with Crippen LogP contribution in [0, 0.1) is 5.41 Å². The number of allylic oxidation sites excluding steroid dienone is 2. The molecule has 1 aliphatic carbocycles. The van der Waals surface area contributed by atoms with Crippen LogP contribution in [0.15, 0.2) is 11.6 Å². The Labute approximate surface area is 104 Å². The second-order valence-electron chi connectivity index (χ2n) is 7.00. The van der Waals surface area contributed by atoms with Crippen LogP contribution in [0.2, 0.25) is 0 Å². The summed E-state index contributed by atoms with van der Waals surface area (Å²) in [6, 6.07) is 0. The molecule has 17 heavy (non-hydrogen) atoms. The molecule has 2 heterocycles. The molecule has 0 aromatic carbocycles. The maximum Gasteiger partial charge on any atom is 0.0946 e. The molecule has 96 valence electrons. The van der Waals surface area contributed by atoms with Crippen LogP contribution >= 0.6 is 0 Å². The third-order valence-electron chi connectivity index (χ3n) is 4.77. The highest BCUT2D eigenvalue weighted by Crippen LogP contribution is 2.51. The van der Waals surface area contributed by atoms with Crippen LogP contribution < -0.4 is 0 Å². The van der Waals surface area contributed by atoms with E-state index in [1.165, 1.54) is 18.4 Å². The first-order valence-corrected chi connectivity index (χ1v) is 6.90. The van der Waals surface area contributed by atoms with Gasteiger partial charge in [0, 0.05) is 6.42 Å². The molecule has 0 aromatic rings. The molecule has 3 aliphatic rings. The van der Waals surface area contributed by atoms with Gasteiger partial charge in [0.2, 0.25) is 0 Å². The van der Waals surface area contributed by atoms with E-state index in [2.05, 4.69) is 33.8 Å². The minimum absolute atomic E-state index is 0.111. The highest BCUT2D eigenvalue weighted by atomic mass is 16.6. The van der Waals surface area contributed by atoms with E-state index < -0.39 is 0 Å². The number of ether oxygens (including phenoxy) is 2. The van der Waals surface area contributed by atoms with Crippen molar-refractivity contribution in [1.82, 2.24) is 0 Å². The van der Waals surface area contributed by atoms with E-state index in [0.717, 1.165) is 12.8 Å². The molecule has 0 radical (unpaired) electrons. The number of fused-ring (bicyclic) bond motifs is 2. The van der Waals surface area contributed by atoms with Crippen LogP contribution in [0.25, 0.3) is 0 Å². The summed E-state index contributed by atoms with van der Waals surface area (Å²) >= 11 is 0. The van der Waals surface area contributed by atoms with Crippen LogP contribution in [0.1, 0.15) is 53.4 Å². The van der Waals surface area contributed by atoms with Gasteiger partial charge < -0.3 is 9.47 Å². The number of rotatable bonds is 0. The first-order chi connectivity index (χ1) is 7.91. The summed E-state index contributed by atoms with van der Waals surface area (Å²) in [5.41, 5.74) is 1.90. The quantitative estimate of drug-likeness (QED) is 0.475. The van der Waals surface area contributed by atoms with Gasteiger partial charge in [0.15, 0.2) is 0 Å². The fourth-order valence-electron chi connectivity index (χ4n) is 3.23. The molecule has 4 atom stereocenters. The Hall–Kier alpha value is -0.340. The lowest BCUT2D eigenvalue weighted by molar-refractivity contribution is 0.235. The highest BCUT2D eigenvalue weighted by molar-refractivity contribution is 5.12. The molecule has 0 spiro atoms. The van der Waals surface area contributed by atoms with Crippen LogP contribution in [0.5, 0.6) is 0 Å². The van der Waals surface area contributed by atoms with E-state index >= 15 is 0 Å². The SMILES string of the molecule is C/C1=C\CC(C)(C)[C@@H]2O[C@H]2C[C@@]2(C)O[C@@H]2CC1. The van der Waals surface area contributed by atoms with Crippen LogP contribution in [0.3, 0.4) is 0 Å². The molecule has 2 fully saturated rings. The van der Waals surface area contributed by atoms with Crippen molar-refractivity contribution in [1.29, 1.82) is 0 Å². The van der Waals surface area contributed by atoms with Crippen molar-refractivity contribution in [2.45, 2.75) is 77.3 Å². The molecule has 2 heteroatoms. The van der Waals surface area contributed by atoms with Gasteiger partial charge in [-0.1, -0.05) is 25.5 Å². The number of hydrogen-bond acceptors (Lipinski definition) is 2. The van der Waals surface area contributed by atoms with E-state index in [0.29, 0.717) is 18.3 Å². The van der Waals surface area contributed by atoms with Crippen molar-refractivity contribution in [2.24, 2.45) is 5.41 Å². The van der Waals surface area contributed by atoms with E-state index in [4.69, 9.17) is 9.47 Å². The third kappa shape index (κ3) is 2.17. The van der Waals surface area contributed by atoms with Crippen molar-refractivity contribution in [3.63, 3.8) is 0 Å². The average molecular weight is 236 g/mol. The lowest BCUT2D eigenvalue weighted by Crippen LogP contribution is -2.22. The molecule has 0 saturated carbocycles. The molecule has 0 unspecified atom stereocenters. The summed E-state index contributed by atoms with van der Waals surface area (Å²) in [6.45, 7) is 9.15. The van der Waals surface area contributed by atoms with Crippen LogP contribution in [0.4, 0.5) is 0 Å². The van der Waals surface area contributed by atoms with Crippen LogP contribution in [-0.2, 0) is 9.47 Å². The van der Waals surface area contributed by atoms with Gasteiger partial charge in [-0.15, -0.1) is 0 Å². The Morgan fingerprint density at radius 1 is 1.29 bits per heavy atom. The Kier molecular flexibility index (Phi) is 2.47. The summed E-state index contributed by atoms with van der Waals surface area (Å²) in [5, 5.41) is 0. The molecule has 2 nitrogen and oxygen atoms in total. The monoisotopic (exact) mass is 236 g/mol. The molecule has 0 N–H and O–H groups in total. The Morgan fingerprint density at radius 3 is 2.82 bits per heavy atom. The first-order valence-electron chi connectivity index (χ1n) is 6.90. The maximum atomic E-state index is 5.89. The smallest absolute Gasteiger partial charge is 0.0946 e. The van der Waals surface area contributed by atoms with Gasteiger partial charge >= 0.3 is 0 Å². The van der Waals surface area contributed by atoms with Gasteiger partial charge in [-0.05, 0) is 38.5 Å². The number of hydrogen-bond donors (Lipinski definition) is 0. The highest BCUT2D eigenvalue weighted by Gasteiger charge is 2.59. The second kappa shape index (κ2) is 3.58. The summed E-state index contributed by atoms with van der Waals surface area (Å²) in [5.74, 6) is 0. The lowest BCUT2D eigenvalue weighted by Gasteiger charge is -2.21. The zero-order valence-corrected chi connectivity index (χ0v) is 11.5. The normalized spacial score (nSPS) is 51.3. The predicted octanol–water partition coefficient (Wildman–Crippen LogP) is 3.46. The molecule has 0 bridgehead atoms. The van der Waals surface area contributed by atoms with E-state index in [1.807, 2.05) is 0 Å². The zero-order chi connectivity index (χ0) is 12.3. The first kappa shape index (κ1) is 11.7. The summed E-state index contributed by atoms with van der Waals surface area (Å²) < 4.78 is 11.8. The van der Waals surface area contributed by atoms with Gasteiger partial charge in [0.1, 0.15) is 0 Å². The van der Waals surface area contributed by atoms with Crippen LogP contribution in [-0.4, -0.2) is 23.9 Å². The minimum Gasteiger partial charge on any atom is -0.369 e. The standard InChI is InChI=1S/C15H24O2/c1-10-5-6-12-15(4,17-12)9-11-13(16-11)14(2,3)8-7-10/h7,11-13H,5-6,8-9H2,1-4H3/b10-7+/t11-,12+,13+,15+/m0/s1. The lowest BCUT2D eigenvalue weighted by atomic mass is 9.82. The molecule has 0 aromatic heterocycles. The van der Waals surface area contributed by atoms with Crippen molar-refractivity contribution in [3.8, 4) is 0 Å². The van der Waals surface area contributed by atoms with Crippen molar-refractivity contribution < 1.29 is 9.47 Å². The van der Waals surface area contributed by atoms with E-state index in [9.17, 15) is 0 Å². The largest absolute Gasteiger partial charge is 0.369 e. The molecule has 2 saturated heterocycles. The fourth-order valence-corrected chi connectivity index (χ4v) is 3.23. The molecule has 3 rings (SSSR count). The molecule has 2 aliphatic heterocycles. The zero-order valence-electron chi connectivity index (χ0n) is 11.5. The molecular formula is C15H24O2. The topological polar surface area (TPSA) is 25.1 Å². The van der Waals surface area contributed by atoms with Gasteiger partial charge in [-0.25, -0.2) is 0 Å². The van der Waals surface area contributed by atoms with Gasteiger partial charge in [-0.2, -0.15) is 0 Å². The van der Waals surface area contributed by atoms with Gasteiger partial charge in [0.25, 0.3) is 0 Å². The van der Waals surface area contributed by atoms with E-state index in [1.54, 1.807) is 0 Å². The maximum absolute atomic E-state index is 5.89. The van der Waals surface area contributed by atoms with Crippen molar-refractivity contribution in [3.05, 3.63) is 11.6 Å². The summed E-state index contributed by atoms with van der Waals surface area (Å²) in [4.78, 5) is 0. The summed E-state index contributed by atoms with van der Waals surface area (Å²) in [7, 11) is 0. The Balaban J connectivity index is 1.77. The summed E-state index contributed by atoms with van der Waals surface area (Å²) in [6.07, 6.45) is 8.34. The van der Waals surface area contributed by atoms with E-state index in [-0.39, 0.29) is 11.0 Å². The third-order valence-corrected chi connectivity index (χ3v) is 4.77. The van der Waals surface area contributed by atoms with Crippen molar-refractivity contribution in [2.75, 3.05) is 0 Å². The number of epoxide rings is 2. The molecular weight excluding hydrogens is 212 g/mol. The van der Waals surface area contributed by atoms with Crippen molar-refractivity contribution >= 4 is 0 Å². The second-order valence-corrected chi connectivity index (χ2v) is 7.00. The average Bonchev–Trinajstić information content (AvgIpc) is 3.11. The minimum atomic E-state index is 0.111. The van der Waals surface area contributed by atoms with Gasteiger partial charge in [0.05, 0.1) is 23.9 Å². The molecule has 0 amide bonds. The fraction of sp³-hybridized carbons (Fsp3) is 0.867. The van der Waals surface area contributed by atoms with Gasteiger partial charge in [-0.3, -0.25) is 0 Å². The Bertz CT molecular complexity index is 358.